The summed E-state index contributed by atoms with van der Waals surface area (Å²) in [5.41, 5.74) is 4.93. The van der Waals surface area contributed by atoms with E-state index < -0.39 is 0 Å². The second-order valence-corrected chi connectivity index (χ2v) is 17.2. The first-order chi connectivity index (χ1) is 24.7. The largest absolute Gasteiger partial charge is 0.496 e. The van der Waals surface area contributed by atoms with Gasteiger partial charge in [0.2, 0.25) is 5.91 Å². The van der Waals surface area contributed by atoms with Crippen LogP contribution in [0.5, 0.6) is 5.75 Å². The van der Waals surface area contributed by atoms with E-state index in [0.29, 0.717) is 32.2 Å². The normalized spacial score (nSPS) is 26.5. The lowest BCUT2D eigenvalue weighted by molar-refractivity contribution is -0.124. The molecule has 2 bridgehead atoms. The highest BCUT2D eigenvalue weighted by atomic mass is 32.2. The average Bonchev–Trinajstić information content (AvgIpc) is 3.66. The summed E-state index contributed by atoms with van der Waals surface area (Å²) in [5.74, 6) is 3.86. The Morgan fingerprint density at radius 3 is 2.35 bits per heavy atom. The van der Waals surface area contributed by atoms with Crippen molar-refractivity contribution in [3.05, 3.63) is 60.0 Å². The highest BCUT2D eigenvalue weighted by Gasteiger charge is 2.51. The van der Waals surface area contributed by atoms with Gasteiger partial charge in [0.15, 0.2) is 0 Å². The van der Waals surface area contributed by atoms with Gasteiger partial charge < -0.3 is 14.8 Å². The molecular weight excluding hydrogens is 659 g/mol. The summed E-state index contributed by atoms with van der Waals surface area (Å²) >= 11 is 1.94. The molecule has 274 valence electrons. The monoisotopic (exact) mass is 713 g/mol. The predicted octanol–water partition coefficient (Wildman–Crippen LogP) is 8.65. The van der Waals surface area contributed by atoms with Crippen molar-refractivity contribution >= 4 is 29.6 Å². The van der Waals surface area contributed by atoms with Gasteiger partial charge in [-0.15, -0.1) is 0 Å². The Morgan fingerprint density at radius 1 is 0.980 bits per heavy atom. The Morgan fingerprint density at radius 2 is 1.71 bits per heavy atom. The Labute approximate surface area is 307 Å². The van der Waals surface area contributed by atoms with Crippen molar-refractivity contribution in [1.29, 1.82) is 0 Å². The highest BCUT2D eigenvalue weighted by molar-refractivity contribution is 7.99. The topological polar surface area (TPSA) is 98.6 Å². The smallest absolute Gasteiger partial charge is 0.407 e. The molecule has 1 aromatic carbocycles. The number of carbonyl (C=O) groups excluding carboxylic acids is 2. The molecule has 0 unspecified atom stereocenters. The Balaban J connectivity index is 1.07. The van der Waals surface area contributed by atoms with Crippen LogP contribution in [-0.2, 0) is 14.9 Å². The summed E-state index contributed by atoms with van der Waals surface area (Å²) in [5, 5.41) is 7.65. The summed E-state index contributed by atoms with van der Waals surface area (Å²) in [7, 11) is 1.74. The number of pyridine rings is 1. The van der Waals surface area contributed by atoms with Gasteiger partial charge in [0.25, 0.3) is 0 Å². The lowest BCUT2D eigenvalue weighted by atomic mass is 9.51. The van der Waals surface area contributed by atoms with Crippen molar-refractivity contribution in [1.82, 2.24) is 20.1 Å². The van der Waals surface area contributed by atoms with E-state index in [1.807, 2.05) is 39.8 Å². The number of hydrogen-bond acceptors (Lipinski definition) is 7. The minimum absolute atomic E-state index is 0.0646. The second-order valence-electron chi connectivity index (χ2n) is 16.0. The van der Waals surface area contributed by atoms with Gasteiger partial charge in [0, 0.05) is 42.5 Å². The van der Waals surface area contributed by atoms with Crippen molar-refractivity contribution in [2.45, 2.75) is 121 Å². The summed E-state index contributed by atoms with van der Waals surface area (Å²) in [6.45, 7) is 7.06. The Bertz CT molecular complexity index is 1670. The Kier molecular flexibility index (Phi) is 10.7. The predicted molar refractivity (Wildman–Crippen MR) is 203 cm³/mol. The average molecular weight is 714 g/mol. The van der Waals surface area contributed by atoms with E-state index >= 15 is 0 Å². The number of anilines is 1. The number of methoxy groups -OCH3 is 1. The van der Waals surface area contributed by atoms with Crippen molar-refractivity contribution < 1.29 is 19.1 Å². The number of nitrogens with one attached hydrogen (secondary N) is 1. The number of thioether (sulfide) groups is 1. The molecule has 5 aliphatic rings. The van der Waals surface area contributed by atoms with Crippen LogP contribution in [0.3, 0.4) is 0 Å². The van der Waals surface area contributed by atoms with Crippen molar-refractivity contribution in [3.8, 4) is 16.9 Å². The molecule has 4 aliphatic carbocycles. The molecule has 1 N–H and O–H groups in total. The number of carbonyl (C=O) groups is 2. The molecule has 10 heteroatoms. The van der Waals surface area contributed by atoms with Crippen molar-refractivity contribution in [3.63, 3.8) is 0 Å². The van der Waals surface area contributed by atoms with Crippen LogP contribution in [0.1, 0.15) is 108 Å². The maximum Gasteiger partial charge on any atom is 0.407 e. The van der Waals surface area contributed by atoms with E-state index in [4.69, 9.17) is 14.5 Å². The van der Waals surface area contributed by atoms with Crippen LogP contribution in [0.25, 0.3) is 11.1 Å². The third-order valence-electron chi connectivity index (χ3n) is 12.5. The quantitative estimate of drug-likeness (QED) is 0.225. The zero-order chi connectivity index (χ0) is 35.6. The lowest BCUT2D eigenvalue weighted by Gasteiger charge is -2.55. The molecule has 0 radical (unpaired) electrons. The zero-order valence-electron chi connectivity index (χ0n) is 30.9. The van der Waals surface area contributed by atoms with Gasteiger partial charge in [-0.25, -0.2) is 9.78 Å². The molecule has 3 heterocycles. The number of nitrogens with zero attached hydrogens (tertiary/aromatic N) is 4. The van der Waals surface area contributed by atoms with E-state index in [9.17, 15) is 9.59 Å². The highest BCUT2D eigenvalue weighted by Crippen LogP contribution is 2.58. The number of hydrogen-bond donors (Lipinski definition) is 1. The fraction of sp³-hybridized carbons (Fsp3) is 0.610. The van der Waals surface area contributed by atoms with E-state index in [-0.39, 0.29) is 46.9 Å². The van der Waals surface area contributed by atoms with E-state index in [1.165, 1.54) is 11.1 Å². The molecule has 2 amide bonds. The molecule has 4 saturated carbocycles. The standard InChI is InChI=1S/C41H55N5O4S/c1-28(2)46-26-32(25-43-46)31-11-20-42-37(24-31)45(38(47)30-5-8-35(9-6-30)50-39(48)44-34-12-21-51-22-13-34)27-40-14-17-41(18-15-40,19-16-40)33-7-10-36(49-4)29(3)23-33/h7,10-11,20,23-26,28,30,34-35H,5-6,8-9,12-19,21-22,27H2,1-4H3,(H,44,48). The first-order valence-electron chi connectivity index (χ1n) is 19.2. The van der Waals surface area contributed by atoms with Gasteiger partial charge in [0.05, 0.1) is 13.3 Å². The van der Waals surface area contributed by atoms with Crippen LogP contribution in [-0.4, -0.2) is 64.1 Å². The first kappa shape index (κ1) is 35.9. The van der Waals surface area contributed by atoms with E-state index in [1.54, 1.807) is 7.11 Å². The van der Waals surface area contributed by atoms with E-state index in [0.717, 1.165) is 85.6 Å². The fourth-order valence-corrected chi connectivity index (χ4v) is 10.2. The first-order valence-corrected chi connectivity index (χ1v) is 20.3. The van der Waals surface area contributed by atoms with Gasteiger partial charge in [-0.1, -0.05) is 12.1 Å². The van der Waals surface area contributed by atoms with Crippen LogP contribution in [0.15, 0.2) is 48.9 Å². The van der Waals surface area contributed by atoms with Crippen LogP contribution >= 0.6 is 11.8 Å². The van der Waals surface area contributed by atoms with Crippen LogP contribution < -0.4 is 15.0 Å². The molecule has 1 aliphatic heterocycles. The molecule has 3 aromatic rings. The van der Waals surface area contributed by atoms with Gasteiger partial charge in [0.1, 0.15) is 17.7 Å². The molecule has 51 heavy (non-hydrogen) atoms. The van der Waals surface area contributed by atoms with Crippen LogP contribution in [0.2, 0.25) is 0 Å². The second kappa shape index (κ2) is 15.2. The summed E-state index contributed by atoms with van der Waals surface area (Å²) < 4.78 is 13.4. The molecule has 5 fully saturated rings. The van der Waals surface area contributed by atoms with Crippen molar-refractivity contribution in [2.75, 3.05) is 30.1 Å². The van der Waals surface area contributed by atoms with Gasteiger partial charge in [-0.2, -0.15) is 16.9 Å². The number of aryl methyl sites for hydroxylation is 1. The molecule has 0 atom stereocenters. The van der Waals surface area contributed by atoms with Gasteiger partial charge >= 0.3 is 6.09 Å². The molecule has 2 aromatic heterocycles. The molecule has 1 saturated heterocycles. The molecule has 0 spiro atoms. The van der Waals surface area contributed by atoms with Gasteiger partial charge in [-0.05, 0) is 155 Å². The third-order valence-corrected chi connectivity index (χ3v) is 13.5. The van der Waals surface area contributed by atoms with E-state index in [2.05, 4.69) is 61.6 Å². The number of ether oxygens (including phenoxy) is 2. The SMILES string of the molecule is COc1ccc(C23CCC(CN(C(=O)C4CCC(OC(=O)NC5CCSCC5)CC4)c4cc(-c5cnn(C(C)C)c5)ccn4)(CC2)CC3)cc1C. The number of rotatable bonds is 10. The number of alkyl carbamates (subject to hydrolysis) is 1. The maximum atomic E-state index is 14.7. The molecule has 9 nitrogen and oxygen atoms in total. The minimum Gasteiger partial charge on any atom is -0.496 e. The van der Waals surface area contributed by atoms with Gasteiger partial charge in [-0.3, -0.25) is 14.4 Å². The number of fused-ring (bicyclic) bond motifs is 3. The number of benzene rings is 1. The summed E-state index contributed by atoms with van der Waals surface area (Å²) in [4.78, 5) is 34.3. The zero-order valence-corrected chi connectivity index (χ0v) is 31.7. The minimum atomic E-state index is -0.306. The number of aromatic nitrogens is 3. The lowest BCUT2D eigenvalue weighted by Crippen LogP contribution is -2.52. The molecular formula is C41H55N5O4S. The fourth-order valence-electron chi connectivity index (χ4n) is 9.11. The van der Waals surface area contributed by atoms with Crippen molar-refractivity contribution in [2.24, 2.45) is 11.3 Å². The maximum absolute atomic E-state index is 14.7. The van der Waals surface area contributed by atoms with Crippen LogP contribution in [0.4, 0.5) is 10.6 Å². The third kappa shape index (κ3) is 7.81. The summed E-state index contributed by atoms with van der Waals surface area (Å²) in [6, 6.07) is 11.3. The number of amides is 2. The summed E-state index contributed by atoms with van der Waals surface area (Å²) in [6.07, 6.45) is 16.9. The Hall–Kier alpha value is -3.53. The van der Waals surface area contributed by atoms with Crippen LogP contribution in [0, 0.1) is 18.3 Å². The molecule has 8 rings (SSSR count).